The fourth-order valence-corrected chi connectivity index (χ4v) is 3.23. The van der Waals surface area contributed by atoms with E-state index in [-0.39, 0.29) is 30.5 Å². The van der Waals surface area contributed by atoms with E-state index in [4.69, 9.17) is 5.11 Å². The zero-order valence-electron chi connectivity index (χ0n) is 14.2. The molecule has 2 amide bonds. The van der Waals surface area contributed by atoms with Crippen molar-refractivity contribution in [1.29, 1.82) is 0 Å². The van der Waals surface area contributed by atoms with Gasteiger partial charge in [-0.1, -0.05) is 12.1 Å². The third kappa shape index (κ3) is 4.67. The summed E-state index contributed by atoms with van der Waals surface area (Å²) < 4.78 is 13.7. The lowest BCUT2D eigenvalue weighted by Gasteiger charge is -2.28. The van der Waals surface area contributed by atoms with E-state index in [2.05, 4.69) is 10.6 Å². The van der Waals surface area contributed by atoms with E-state index in [1.54, 1.807) is 26.0 Å². The molecule has 5 heteroatoms. The molecule has 0 radical (unpaired) electrons. The Balaban J connectivity index is 1.88. The second-order valence-corrected chi connectivity index (χ2v) is 6.71. The maximum absolute atomic E-state index is 13.7. The summed E-state index contributed by atoms with van der Waals surface area (Å²) in [5, 5.41) is 15.1. The molecule has 4 nitrogen and oxygen atoms in total. The van der Waals surface area contributed by atoms with Crippen LogP contribution in [-0.4, -0.2) is 23.8 Å². The first-order valence-electron chi connectivity index (χ1n) is 8.35. The largest absolute Gasteiger partial charge is 0.396 e. The Morgan fingerprint density at radius 3 is 2.35 bits per heavy atom. The summed E-state index contributed by atoms with van der Waals surface area (Å²) in [4.78, 5) is 12.1. The molecule has 1 atom stereocenters. The molecule has 0 aliphatic heterocycles. The number of hydrogen-bond acceptors (Lipinski definition) is 2. The summed E-state index contributed by atoms with van der Waals surface area (Å²) in [6.45, 7) is 5.60. The number of aliphatic hydroxyl groups excluding tert-OH is 1. The van der Waals surface area contributed by atoms with Gasteiger partial charge in [-0.3, -0.25) is 0 Å². The zero-order chi connectivity index (χ0) is 17.0. The van der Waals surface area contributed by atoms with Gasteiger partial charge in [0.1, 0.15) is 5.82 Å². The van der Waals surface area contributed by atoms with Gasteiger partial charge in [0.25, 0.3) is 0 Å². The molecule has 1 saturated carbocycles. The first-order valence-corrected chi connectivity index (χ1v) is 8.35. The molecule has 2 rings (SSSR count). The van der Waals surface area contributed by atoms with E-state index in [9.17, 15) is 9.18 Å². The van der Waals surface area contributed by atoms with Crippen LogP contribution in [-0.2, 0) is 0 Å². The van der Waals surface area contributed by atoms with Gasteiger partial charge < -0.3 is 15.7 Å². The quantitative estimate of drug-likeness (QED) is 0.796. The molecule has 1 unspecified atom stereocenters. The molecule has 23 heavy (non-hydrogen) atoms. The number of benzene rings is 1. The lowest BCUT2D eigenvalue weighted by Crippen LogP contribution is -2.44. The number of halogens is 1. The molecule has 1 aliphatic carbocycles. The normalized spacial score (nSPS) is 22.5. The Morgan fingerprint density at radius 2 is 1.83 bits per heavy atom. The van der Waals surface area contributed by atoms with Crippen LogP contribution < -0.4 is 10.6 Å². The van der Waals surface area contributed by atoms with Crippen molar-refractivity contribution in [2.75, 3.05) is 6.61 Å². The number of carbonyl (C=O) groups is 1. The molecule has 3 N–H and O–H groups in total. The van der Waals surface area contributed by atoms with Crippen LogP contribution in [0.3, 0.4) is 0 Å². The van der Waals surface area contributed by atoms with E-state index in [1.165, 1.54) is 0 Å². The van der Waals surface area contributed by atoms with Crippen molar-refractivity contribution in [3.8, 4) is 0 Å². The first-order chi connectivity index (χ1) is 10.9. The van der Waals surface area contributed by atoms with E-state index < -0.39 is 0 Å². The second-order valence-electron chi connectivity index (χ2n) is 6.71. The fraction of sp³-hybridized carbons (Fsp3) is 0.611. The summed E-state index contributed by atoms with van der Waals surface area (Å²) >= 11 is 0. The molecular formula is C18H27FN2O2. The Bertz CT molecular complexity index is 531. The van der Waals surface area contributed by atoms with Crippen LogP contribution in [0.15, 0.2) is 12.1 Å². The van der Waals surface area contributed by atoms with Crippen LogP contribution in [0.5, 0.6) is 0 Å². The number of amides is 2. The Labute approximate surface area is 137 Å². The number of rotatable bonds is 4. The van der Waals surface area contributed by atoms with E-state index >= 15 is 0 Å². The summed E-state index contributed by atoms with van der Waals surface area (Å²) in [7, 11) is 0. The van der Waals surface area contributed by atoms with Crippen molar-refractivity contribution in [3.05, 3.63) is 34.6 Å². The van der Waals surface area contributed by atoms with Gasteiger partial charge in [0, 0.05) is 12.6 Å². The minimum absolute atomic E-state index is 0.168. The summed E-state index contributed by atoms with van der Waals surface area (Å²) in [5.41, 5.74) is 2.09. The van der Waals surface area contributed by atoms with Crippen LogP contribution in [0.25, 0.3) is 0 Å². The van der Waals surface area contributed by atoms with Gasteiger partial charge in [-0.25, -0.2) is 9.18 Å². The van der Waals surface area contributed by atoms with Gasteiger partial charge in [-0.2, -0.15) is 0 Å². The number of nitrogens with one attached hydrogen (secondary N) is 2. The third-order valence-electron chi connectivity index (χ3n) is 4.75. The number of aryl methyl sites for hydroxylation is 2. The highest BCUT2D eigenvalue weighted by Crippen LogP contribution is 2.24. The molecule has 1 aliphatic rings. The Kier molecular flexibility index (Phi) is 5.99. The minimum atomic E-state index is -0.190. The number of aliphatic hydroxyl groups is 1. The van der Waals surface area contributed by atoms with E-state index in [0.717, 1.165) is 31.2 Å². The lowest BCUT2D eigenvalue weighted by molar-refractivity contribution is 0.174. The highest BCUT2D eigenvalue weighted by atomic mass is 19.1. The molecule has 0 saturated heterocycles. The lowest BCUT2D eigenvalue weighted by atomic mass is 9.87. The number of hydrogen-bond donors (Lipinski definition) is 3. The predicted molar refractivity (Wildman–Crippen MR) is 88.8 cm³/mol. The first kappa shape index (κ1) is 17.7. The number of carbonyl (C=O) groups excluding carboxylic acids is 1. The molecule has 0 spiro atoms. The van der Waals surface area contributed by atoms with Gasteiger partial charge in [-0.05, 0) is 69.1 Å². The molecule has 0 aromatic heterocycles. The van der Waals surface area contributed by atoms with Crippen molar-refractivity contribution in [1.82, 2.24) is 10.6 Å². The van der Waals surface area contributed by atoms with Gasteiger partial charge in [0.15, 0.2) is 0 Å². The summed E-state index contributed by atoms with van der Waals surface area (Å²) in [6, 6.07) is 3.35. The predicted octanol–water partition coefficient (Wildman–Crippen LogP) is 3.35. The van der Waals surface area contributed by atoms with Crippen molar-refractivity contribution < 1.29 is 14.3 Å². The Morgan fingerprint density at radius 1 is 1.26 bits per heavy atom. The highest BCUT2D eigenvalue weighted by molar-refractivity contribution is 5.74. The standard InChI is InChI=1S/C18H27FN2O2/c1-11-8-15(9-12(2)17(11)19)13(3)20-18(23)21-16-6-4-14(10-22)5-7-16/h8-9,13-14,16,22H,4-7,10H2,1-3H3,(H2,20,21,23). The van der Waals surface area contributed by atoms with E-state index in [0.29, 0.717) is 17.0 Å². The molecule has 0 bridgehead atoms. The topological polar surface area (TPSA) is 61.4 Å². The van der Waals surface area contributed by atoms with Gasteiger partial charge in [0.05, 0.1) is 6.04 Å². The molecule has 1 fully saturated rings. The highest BCUT2D eigenvalue weighted by Gasteiger charge is 2.22. The van der Waals surface area contributed by atoms with Gasteiger partial charge in [-0.15, -0.1) is 0 Å². The van der Waals surface area contributed by atoms with Crippen LogP contribution >= 0.6 is 0 Å². The van der Waals surface area contributed by atoms with Crippen LogP contribution in [0, 0.1) is 25.6 Å². The average molecular weight is 322 g/mol. The van der Waals surface area contributed by atoms with Crippen LogP contribution in [0.2, 0.25) is 0 Å². The van der Waals surface area contributed by atoms with E-state index in [1.807, 2.05) is 6.92 Å². The molecule has 0 heterocycles. The third-order valence-corrected chi connectivity index (χ3v) is 4.75. The summed E-state index contributed by atoms with van der Waals surface area (Å²) in [6.07, 6.45) is 3.71. The van der Waals surface area contributed by atoms with Crippen molar-refractivity contribution in [3.63, 3.8) is 0 Å². The van der Waals surface area contributed by atoms with Gasteiger partial charge >= 0.3 is 6.03 Å². The molecule has 1 aromatic carbocycles. The molecule has 1 aromatic rings. The van der Waals surface area contributed by atoms with Crippen molar-refractivity contribution in [2.45, 2.75) is 58.5 Å². The summed E-state index contributed by atoms with van der Waals surface area (Å²) in [5.74, 6) is 0.186. The number of urea groups is 1. The van der Waals surface area contributed by atoms with Crippen molar-refractivity contribution >= 4 is 6.03 Å². The fourth-order valence-electron chi connectivity index (χ4n) is 3.23. The second kappa shape index (κ2) is 7.77. The van der Waals surface area contributed by atoms with Crippen molar-refractivity contribution in [2.24, 2.45) is 5.92 Å². The van der Waals surface area contributed by atoms with Crippen LogP contribution in [0.4, 0.5) is 9.18 Å². The smallest absolute Gasteiger partial charge is 0.315 e. The monoisotopic (exact) mass is 322 g/mol. The Hall–Kier alpha value is -1.62. The molecule has 128 valence electrons. The zero-order valence-corrected chi connectivity index (χ0v) is 14.2. The average Bonchev–Trinajstić information content (AvgIpc) is 2.52. The molecular weight excluding hydrogens is 295 g/mol. The van der Waals surface area contributed by atoms with Crippen LogP contribution in [0.1, 0.15) is 55.3 Å². The minimum Gasteiger partial charge on any atom is -0.396 e. The SMILES string of the molecule is Cc1cc(C(C)NC(=O)NC2CCC(CO)CC2)cc(C)c1F. The van der Waals surface area contributed by atoms with Gasteiger partial charge in [0.2, 0.25) is 0 Å². The maximum Gasteiger partial charge on any atom is 0.315 e. The maximum atomic E-state index is 13.7.